The number of carbonyl (C=O) groups is 4. The van der Waals surface area contributed by atoms with Gasteiger partial charge in [0.15, 0.2) is 6.61 Å². The Balaban J connectivity index is 1.67. The van der Waals surface area contributed by atoms with Crippen LogP contribution in [0.3, 0.4) is 0 Å². The topological polar surface area (TPSA) is 92.8 Å². The van der Waals surface area contributed by atoms with Gasteiger partial charge in [0.2, 0.25) is 0 Å². The number of carbonyl (C=O) groups excluding carboxylic acids is 4. The van der Waals surface area contributed by atoms with Crippen LogP contribution >= 0.6 is 0 Å². The summed E-state index contributed by atoms with van der Waals surface area (Å²) in [4.78, 5) is 50.7. The maximum Gasteiger partial charge on any atom is 0.338 e. The molecule has 156 valence electrons. The third-order valence-corrected chi connectivity index (χ3v) is 5.11. The maximum atomic E-state index is 12.7. The predicted molar refractivity (Wildman–Crippen MR) is 110 cm³/mol. The van der Waals surface area contributed by atoms with Gasteiger partial charge in [-0.3, -0.25) is 19.3 Å². The van der Waals surface area contributed by atoms with Crippen molar-refractivity contribution in [3.8, 4) is 0 Å². The Bertz CT molecular complexity index is 984. The summed E-state index contributed by atoms with van der Waals surface area (Å²) in [5.74, 6) is -1.74. The quantitative estimate of drug-likeness (QED) is 0.562. The van der Waals surface area contributed by atoms with Crippen molar-refractivity contribution in [1.82, 2.24) is 10.2 Å². The molecule has 0 bridgehead atoms. The lowest BCUT2D eigenvalue weighted by Crippen LogP contribution is -2.38. The lowest BCUT2D eigenvalue weighted by Gasteiger charge is -2.17. The monoisotopic (exact) mass is 408 g/mol. The third kappa shape index (κ3) is 4.56. The van der Waals surface area contributed by atoms with E-state index in [9.17, 15) is 19.2 Å². The smallest absolute Gasteiger partial charge is 0.338 e. The number of benzene rings is 2. The van der Waals surface area contributed by atoms with Crippen LogP contribution in [0.15, 0.2) is 48.5 Å². The summed E-state index contributed by atoms with van der Waals surface area (Å²) >= 11 is 0. The molecular weight excluding hydrogens is 384 g/mol. The van der Waals surface area contributed by atoms with Crippen molar-refractivity contribution in [2.75, 3.05) is 6.61 Å². The molecule has 0 fully saturated rings. The first-order valence-electron chi connectivity index (χ1n) is 9.78. The molecule has 7 heteroatoms. The molecule has 7 nitrogen and oxygen atoms in total. The molecule has 0 spiro atoms. The van der Waals surface area contributed by atoms with Crippen molar-refractivity contribution in [2.24, 2.45) is 5.92 Å². The number of rotatable bonds is 7. The highest BCUT2D eigenvalue weighted by molar-refractivity contribution is 6.21. The van der Waals surface area contributed by atoms with Gasteiger partial charge in [-0.25, -0.2) is 4.79 Å². The van der Waals surface area contributed by atoms with Crippen LogP contribution in [0.25, 0.3) is 0 Å². The van der Waals surface area contributed by atoms with Gasteiger partial charge < -0.3 is 10.1 Å². The van der Waals surface area contributed by atoms with Crippen molar-refractivity contribution in [1.29, 1.82) is 0 Å². The van der Waals surface area contributed by atoms with Crippen molar-refractivity contribution in [3.63, 3.8) is 0 Å². The zero-order valence-corrected chi connectivity index (χ0v) is 17.2. The van der Waals surface area contributed by atoms with Crippen LogP contribution < -0.4 is 5.32 Å². The Morgan fingerprint density at radius 2 is 1.63 bits per heavy atom. The van der Waals surface area contributed by atoms with Crippen LogP contribution in [0.2, 0.25) is 0 Å². The van der Waals surface area contributed by atoms with Crippen LogP contribution in [0, 0.1) is 5.92 Å². The molecule has 2 aromatic carbocycles. The van der Waals surface area contributed by atoms with Gasteiger partial charge in [-0.05, 0) is 36.6 Å². The number of hydrogen-bond acceptors (Lipinski definition) is 5. The molecule has 3 rings (SSSR count). The van der Waals surface area contributed by atoms with E-state index < -0.39 is 30.3 Å². The number of nitrogens with one attached hydrogen (secondary N) is 1. The van der Waals surface area contributed by atoms with Gasteiger partial charge in [0, 0.05) is 6.04 Å². The van der Waals surface area contributed by atoms with Crippen LogP contribution in [0.4, 0.5) is 0 Å². The Hall–Kier alpha value is -3.48. The molecule has 1 heterocycles. The second-order valence-electron chi connectivity index (χ2n) is 7.62. The summed E-state index contributed by atoms with van der Waals surface area (Å²) in [5, 5.41) is 2.75. The van der Waals surface area contributed by atoms with E-state index in [1.165, 1.54) is 18.2 Å². The fraction of sp³-hybridized carbons (Fsp3) is 0.304. The normalized spacial score (nSPS) is 13.9. The Morgan fingerprint density at radius 3 is 2.30 bits per heavy atom. The molecule has 30 heavy (non-hydrogen) atoms. The second-order valence-corrected chi connectivity index (χ2v) is 7.62. The van der Waals surface area contributed by atoms with Crippen LogP contribution in [-0.2, 0) is 16.1 Å². The molecule has 0 aliphatic carbocycles. The minimum Gasteiger partial charge on any atom is -0.452 e. The molecule has 1 N–H and O–H groups in total. The number of fused-ring (bicyclic) bond motifs is 1. The minimum absolute atomic E-state index is 0.0459. The highest BCUT2D eigenvalue weighted by Gasteiger charge is 2.36. The van der Waals surface area contributed by atoms with E-state index in [1.807, 2.05) is 51.1 Å². The number of nitrogens with zero attached hydrogens (tertiary/aromatic N) is 1. The molecule has 1 aliphatic heterocycles. The summed E-state index contributed by atoms with van der Waals surface area (Å²) in [6, 6.07) is 13.3. The van der Waals surface area contributed by atoms with E-state index in [-0.39, 0.29) is 35.2 Å². The number of esters is 1. The summed E-state index contributed by atoms with van der Waals surface area (Å²) in [5.41, 5.74) is 1.34. The fourth-order valence-electron chi connectivity index (χ4n) is 3.00. The van der Waals surface area contributed by atoms with Crippen LogP contribution in [-0.4, -0.2) is 41.2 Å². The van der Waals surface area contributed by atoms with E-state index >= 15 is 0 Å². The zero-order valence-electron chi connectivity index (χ0n) is 17.2. The van der Waals surface area contributed by atoms with Crippen LogP contribution in [0.1, 0.15) is 57.4 Å². The average Bonchev–Trinajstić information content (AvgIpc) is 2.97. The summed E-state index contributed by atoms with van der Waals surface area (Å²) in [7, 11) is 0. The molecular formula is C23H24N2O5. The van der Waals surface area contributed by atoms with Crippen molar-refractivity contribution in [2.45, 2.75) is 33.4 Å². The van der Waals surface area contributed by atoms with Crippen molar-refractivity contribution < 1.29 is 23.9 Å². The van der Waals surface area contributed by atoms with E-state index in [1.54, 1.807) is 0 Å². The Morgan fingerprint density at radius 1 is 0.967 bits per heavy atom. The summed E-state index contributed by atoms with van der Waals surface area (Å²) < 4.78 is 5.05. The van der Waals surface area contributed by atoms with Gasteiger partial charge in [0.25, 0.3) is 17.7 Å². The highest BCUT2D eigenvalue weighted by Crippen LogP contribution is 2.26. The fourth-order valence-corrected chi connectivity index (χ4v) is 3.00. The SMILES string of the molecule is CC(C)[C@@H](C)NC(=O)COC(=O)c1ccc2c(c1)C(=O)N(Cc1ccccc1)C2=O. The Kier molecular flexibility index (Phi) is 6.30. The van der Waals surface area contributed by atoms with E-state index in [4.69, 9.17) is 4.74 Å². The molecule has 0 saturated heterocycles. The van der Waals surface area contributed by atoms with Gasteiger partial charge >= 0.3 is 5.97 Å². The number of imide groups is 1. The molecule has 1 atom stereocenters. The van der Waals surface area contributed by atoms with E-state index in [0.717, 1.165) is 10.5 Å². The van der Waals surface area contributed by atoms with E-state index in [0.29, 0.717) is 0 Å². The van der Waals surface area contributed by atoms with Gasteiger partial charge in [-0.15, -0.1) is 0 Å². The minimum atomic E-state index is -0.730. The molecule has 2 aromatic rings. The number of ether oxygens (including phenoxy) is 1. The van der Waals surface area contributed by atoms with Gasteiger partial charge in [0.05, 0.1) is 23.2 Å². The van der Waals surface area contributed by atoms with Crippen LogP contribution in [0.5, 0.6) is 0 Å². The molecule has 3 amide bonds. The zero-order chi connectivity index (χ0) is 21.8. The Labute approximate surface area is 175 Å². The lowest BCUT2D eigenvalue weighted by molar-refractivity contribution is -0.125. The molecule has 0 unspecified atom stereocenters. The van der Waals surface area contributed by atoms with E-state index in [2.05, 4.69) is 5.32 Å². The number of amides is 3. The first-order valence-corrected chi connectivity index (χ1v) is 9.78. The summed E-state index contributed by atoms with van der Waals surface area (Å²) in [6.45, 7) is 5.55. The van der Waals surface area contributed by atoms with Gasteiger partial charge in [0.1, 0.15) is 0 Å². The largest absolute Gasteiger partial charge is 0.452 e. The predicted octanol–water partition coefficient (Wildman–Crippen LogP) is 2.80. The average molecular weight is 408 g/mol. The van der Waals surface area contributed by atoms with Gasteiger partial charge in [-0.2, -0.15) is 0 Å². The van der Waals surface area contributed by atoms with Crippen molar-refractivity contribution in [3.05, 3.63) is 70.8 Å². The molecule has 1 aliphatic rings. The second kappa shape index (κ2) is 8.90. The first kappa shape index (κ1) is 21.2. The van der Waals surface area contributed by atoms with Crippen molar-refractivity contribution >= 4 is 23.7 Å². The molecule has 0 radical (unpaired) electrons. The first-order chi connectivity index (χ1) is 14.3. The molecule has 0 aromatic heterocycles. The standard InChI is InChI=1S/C23H24N2O5/c1-14(2)15(3)24-20(26)13-30-23(29)17-9-10-18-19(11-17)22(28)25(21(18)27)12-16-7-5-4-6-8-16/h4-11,14-15H,12-13H2,1-3H3,(H,24,26)/t15-/m1/s1. The number of hydrogen-bond donors (Lipinski definition) is 1. The summed E-state index contributed by atoms with van der Waals surface area (Å²) in [6.07, 6.45) is 0. The third-order valence-electron chi connectivity index (χ3n) is 5.11. The highest BCUT2D eigenvalue weighted by atomic mass is 16.5. The van der Waals surface area contributed by atoms with Gasteiger partial charge in [-0.1, -0.05) is 44.2 Å². The molecule has 0 saturated carbocycles. The lowest BCUT2D eigenvalue weighted by atomic mass is 10.1. The maximum absolute atomic E-state index is 12.7.